The fourth-order valence-electron chi connectivity index (χ4n) is 1.34. The number of rotatable bonds is 5. The Morgan fingerprint density at radius 3 is 2.47 bits per heavy atom. The number of benzene rings is 1. The van der Waals surface area contributed by atoms with Crippen LogP contribution in [0.3, 0.4) is 0 Å². The fourth-order valence-corrected chi connectivity index (χ4v) is 1.67. The van der Waals surface area contributed by atoms with Crippen molar-refractivity contribution in [3.63, 3.8) is 0 Å². The second-order valence-electron chi connectivity index (χ2n) is 3.38. The van der Waals surface area contributed by atoms with Crippen LogP contribution in [0.25, 0.3) is 0 Å². The molecule has 1 rings (SSSR count). The number of phenols is 1. The molecule has 1 aromatic rings. The van der Waals surface area contributed by atoms with E-state index in [9.17, 15) is 14.8 Å². The minimum Gasteiger partial charge on any atom is -0.508 e. The van der Waals surface area contributed by atoms with Crippen LogP contribution in [0.4, 0.5) is 0 Å². The summed E-state index contributed by atoms with van der Waals surface area (Å²) in [4.78, 5) is 21.0. The molecule has 0 fully saturated rings. The lowest BCUT2D eigenvalue weighted by Crippen LogP contribution is -2.01. The SMILES string of the molecule is O=NC(CCC(=O)O)c1cc(Cl)c(Cl)cc1O. The topological polar surface area (TPSA) is 87.0 Å². The molecule has 1 unspecified atom stereocenters. The summed E-state index contributed by atoms with van der Waals surface area (Å²) >= 11 is 11.4. The van der Waals surface area contributed by atoms with E-state index >= 15 is 0 Å². The van der Waals surface area contributed by atoms with Crippen LogP contribution in [0.1, 0.15) is 24.4 Å². The zero-order chi connectivity index (χ0) is 13.0. The van der Waals surface area contributed by atoms with Gasteiger partial charge < -0.3 is 10.2 Å². The molecule has 0 amide bonds. The van der Waals surface area contributed by atoms with Gasteiger partial charge in [0.15, 0.2) is 0 Å². The molecule has 5 nitrogen and oxygen atoms in total. The highest BCUT2D eigenvalue weighted by Gasteiger charge is 2.19. The number of aromatic hydroxyl groups is 1. The van der Waals surface area contributed by atoms with Gasteiger partial charge in [-0.25, -0.2) is 0 Å². The summed E-state index contributed by atoms with van der Waals surface area (Å²) in [6.45, 7) is 0. The summed E-state index contributed by atoms with van der Waals surface area (Å²) < 4.78 is 0. The molecule has 7 heteroatoms. The number of carbonyl (C=O) groups is 1. The lowest BCUT2D eigenvalue weighted by atomic mass is 10.0. The molecular formula is C10H9Cl2NO4. The molecule has 0 saturated heterocycles. The Hall–Kier alpha value is -1.33. The Morgan fingerprint density at radius 2 is 1.94 bits per heavy atom. The first kappa shape index (κ1) is 13.7. The van der Waals surface area contributed by atoms with Gasteiger partial charge in [-0.15, -0.1) is 0 Å². The van der Waals surface area contributed by atoms with Crippen molar-refractivity contribution < 1.29 is 15.0 Å². The highest BCUT2D eigenvalue weighted by atomic mass is 35.5. The summed E-state index contributed by atoms with van der Waals surface area (Å²) in [6, 6.07) is 1.55. The minimum absolute atomic E-state index is 0.00957. The second kappa shape index (κ2) is 5.84. The van der Waals surface area contributed by atoms with Crippen LogP contribution < -0.4 is 0 Å². The number of halogens is 2. The lowest BCUT2D eigenvalue weighted by molar-refractivity contribution is -0.137. The first-order valence-electron chi connectivity index (χ1n) is 4.68. The van der Waals surface area contributed by atoms with E-state index in [4.69, 9.17) is 28.3 Å². The molecule has 1 atom stereocenters. The predicted octanol–water partition coefficient (Wildman–Crippen LogP) is 3.37. The molecule has 0 saturated carbocycles. The van der Waals surface area contributed by atoms with Gasteiger partial charge in [-0.2, -0.15) is 4.91 Å². The van der Waals surface area contributed by atoms with Gasteiger partial charge in [0.1, 0.15) is 11.8 Å². The predicted molar refractivity (Wildman–Crippen MR) is 63.5 cm³/mol. The third kappa shape index (κ3) is 3.57. The van der Waals surface area contributed by atoms with E-state index in [1.54, 1.807) is 0 Å². The Kier molecular flexibility index (Phi) is 4.72. The molecular weight excluding hydrogens is 269 g/mol. The Labute approximate surface area is 107 Å². The van der Waals surface area contributed by atoms with Gasteiger partial charge in [0.2, 0.25) is 0 Å². The molecule has 0 aliphatic rings. The molecule has 0 heterocycles. The summed E-state index contributed by atoms with van der Waals surface area (Å²) in [5.41, 5.74) is 0.177. The van der Waals surface area contributed by atoms with Crippen LogP contribution >= 0.6 is 23.2 Å². The lowest BCUT2D eigenvalue weighted by Gasteiger charge is -2.11. The molecule has 0 aliphatic heterocycles. The highest BCUT2D eigenvalue weighted by molar-refractivity contribution is 6.42. The number of aliphatic carboxylic acids is 1. The van der Waals surface area contributed by atoms with E-state index in [-0.39, 0.29) is 34.2 Å². The maximum Gasteiger partial charge on any atom is 0.303 e. The van der Waals surface area contributed by atoms with Crippen molar-refractivity contribution in [1.29, 1.82) is 0 Å². The van der Waals surface area contributed by atoms with Crippen LogP contribution in [-0.4, -0.2) is 16.2 Å². The van der Waals surface area contributed by atoms with Crippen molar-refractivity contribution in [3.8, 4) is 5.75 Å². The average molecular weight is 278 g/mol. The van der Waals surface area contributed by atoms with Crippen molar-refractivity contribution in [2.24, 2.45) is 5.18 Å². The van der Waals surface area contributed by atoms with Crippen LogP contribution in [0, 0.1) is 4.91 Å². The van der Waals surface area contributed by atoms with E-state index < -0.39 is 12.0 Å². The zero-order valence-corrected chi connectivity index (χ0v) is 10.1. The van der Waals surface area contributed by atoms with Gasteiger partial charge in [-0.1, -0.05) is 28.4 Å². The Bertz CT molecular complexity index is 450. The third-order valence-electron chi connectivity index (χ3n) is 2.19. The molecule has 0 radical (unpaired) electrons. The monoisotopic (exact) mass is 277 g/mol. The first-order valence-corrected chi connectivity index (χ1v) is 5.43. The molecule has 2 N–H and O–H groups in total. The van der Waals surface area contributed by atoms with Crippen molar-refractivity contribution in [3.05, 3.63) is 32.6 Å². The highest BCUT2D eigenvalue weighted by Crippen LogP contribution is 2.36. The number of hydrogen-bond donors (Lipinski definition) is 2. The van der Waals surface area contributed by atoms with Gasteiger partial charge in [0.25, 0.3) is 0 Å². The fraction of sp³-hybridized carbons (Fsp3) is 0.300. The van der Waals surface area contributed by atoms with Crippen LogP contribution in [0.15, 0.2) is 17.3 Å². The summed E-state index contributed by atoms with van der Waals surface area (Å²) in [7, 11) is 0. The van der Waals surface area contributed by atoms with Gasteiger partial charge in [-0.3, -0.25) is 4.79 Å². The Morgan fingerprint density at radius 1 is 1.35 bits per heavy atom. The number of hydrogen-bond acceptors (Lipinski definition) is 4. The zero-order valence-electron chi connectivity index (χ0n) is 8.56. The number of nitrogens with zero attached hydrogens (tertiary/aromatic N) is 1. The summed E-state index contributed by atoms with van der Waals surface area (Å²) in [5, 5.41) is 21.2. The van der Waals surface area contributed by atoms with E-state index in [0.29, 0.717) is 0 Å². The maximum atomic E-state index is 10.6. The largest absolute Gasteiger partial charge is 0.508 e. The minimum atomic E-state index is -1.04. The standard InChI is InChI=1S/C10H9Cl2NO4/c11-6-3-5(9(14)4-7(6)12)8(13-17)1-2-10(15)16/h3-4,8,14H,1-2H2,(H,15,16). The average Bonchev–Trinajstić information content (AvgIpc) is 2.25. The van der Waals surface area contributed by atoms with Gasteiger partial charge in [0.05, 0.1) is 10.0 Å². The molecule has 92 valence electrons. The van der Waals surface area contributed by atoms with Crippen molar-refractivity contribution >= 4 is 29.2 Å². The number of carboxylic acid groups (broad SMARTS) is 1. The van der Waals surface area contributed by atoms with Crippen LogP contribution in [0.2, 0.25) is 10.0 Å². The number of carboxylic acids is 1. The van der Waals surface area contributed by atoms with Crippen LogP contribution in [0.5, 0.6) is 5.75 Å². The number of nitroso groups, excluding NO2 is 1. The quantitative estimate of drug-likeness (QED) is 0.808. The molecule has 0 aliphatic carbocycles. The van der Waals surface area contributed by atoms with E-state index in [0.717, 1.165) is 0 Å². The van der Waals surface area contributed by atoms with Crippen molar-refractivity contribution in [2.45, 2.75) is 18.9 Å². The summed E-state index contributed by atoms with van der Waals surface area (Å²) in [6.07, 6.45) is -0.236. The van der Waals surface area contributed by atoms with E-state index in [1.165, 1.54) is 12.1 Å². The van der Waals surface area contributed by atoms with Gasteiger partial charge in [-0.05, 0) is 12.5 Å². The van der Waals surface area contributed by atoms with Crippen LogP contribution in [-0.2, 0) is 4.79 Å². The van der Waals surface area contributed by atoms with Gasteiger partial charge >= 0.3 is 5.97 Å². The van der Waals surface area contributed by atoms with Crippen molar-refractivity contribution in [1.82, 2.24) is 0 Å². The van der Waals surface area contributed by atoms with E-state index in [1.807, 2.05) is 0 Å². The third-order valence-corrected chi connectivity index (χ3v) is 2.91. The summed E-state index contributed by atoms with van der Waals surface area (Å²) in [5.74, 6) is -1.27. The molecule has 17 heavy (non-hydrogen) atoms. The van der Waals surface area contributed by atoms with E-state index in [2.05, 4.69) is 5.18 Å². The molecule has 0 bridgehead atoms. The second-order valence-corrected chi connectivity index (χ2v) is 4.19. The Balaban J connectivity index is 2.99. The number of phenolic OH excluding ortho intramolecular Hbond substituents is 1. The first-order chi connectivity index (χ1) is 7.95. The van der Waals surface area contributed by atoms with Crippen molar-refractivity contribution in [2.75, 3.05) is 0 Å². The maximum absolute atomic E-state index is 10.6. The molecule has 1 aromatic carbocycles. The van der Waals surface area contributed by atoms with Gasteiger partial charge in [0, 0.05) is 18.1 Å². The molecule has 0 spiro atoms. The smallest absolute Gasteiger partial charge is 0.303 e. The normalized spacial score (nSPS) is 12.1. The molecule has 0 aromatic heterocycles.